The molecular weight excluding hydrogens is 434 g/mol. The van der Waals surface area contributed by atoms with E-state index in [0.29, 0.717) is 43.3 Å². The van der Waals surface area contributed by atoms with E-state index < -0.39 is 9.84 Å². The second-order valence-corrected chi connectivity index (χ2v) is 10.1. The van der Waals surface area contributed by atoms with Crippen molar-refractivity contribution in [3.05, 3.63) is 29.7 Å². The summed E-state index contributed by atoms with van der Waals surface area (Å²) in [6, 6.07) is 1.52. The first-order valence-corrected chi connectivity index (χ1v) is 12.3. The number of amides is 1. The number of carbonyl (C=O) groups excluding carboxylic acids is 1. The molecule has 0 spiro atoms. The summed E-state index contributed by atoms with van der Waals surface area (Å²) in [4.78, 5) is 26.3. The van der Waals surface area contributed by atoms with E-state index in [1.807, 2.05) is 20.8 Å². The van der Waals surface area contributed by atoms with E-state index in [1.165, 1.54) is 18.6 Å². The van der Waals surface area contributed by atoms with Crippen molar-refractivity contribution < 1.29 is 22.7 Å². The first-order chi connectivity index (χ1) is 15.0. The Morgan fingerprint density at radius 3 is 2.47 bits per heavy atom. The van der Waals surface area contributed by atoms with E-state index >= 15 is 0 Å². The second kappa shape index (κ2) is 9.68. The Balaban J connectivity index is 1.66. The van der Waals surface area contributed by atoms with Crippen molar-refractivity contribution in [2.75, 3.05) is 24.7 Å². The largest absolute Gasteiger partial charge is 0.474 e. The summed E-state index contributed by atoms with van der Waals surface area (Å²) in [5.41, 5.74) is 2.09. The number of rotatable bonds is 6. The van der Waals surface area contributed by atoms with E-state index in [4.69, 9.17) is 9.47 Å². The summed E-state index contributed by atoms with van der Waals surface area (Å²) in [5, 5.41) is 3.20. The minimum absolute atomic E-state index is 0.0209. The molecule has 0 aromatic carbocycles. The highest BCUT2D eigenvalue weighted by molar-refractivity contribution is 7.90. The Morgan fingerprint density at radius 2 is 1.88 bits per heavy atom. The molecule has 0 unspecified atom stereocenters. The van der Waals surface area contributed by atoms with Gasteiger partial charge in [0.25, 0.3) is 0 Å². The number of aromatic nitrogens is 3. The third-order valence-electron chi connectivity index (χ3n) is 5.07. The lowest BCUT2D eigenvalue weighted by Gasteiger charge is -2.32. The Hall–Kier alpha value is -2.95. The van der Waals surface area contributed by atoms with Gasteiger partial charge >= 0.3 is 6.09 Å². The molecule has 1 saturated heterocycles. The number of ether oxygens (including phenoxy) is 2. The number of nitrogens with one attached hydrogen (secondary N) is 1. The standard InChI is InChI=1S/C21H29N5O5S/c1-13(2)30-21(27)26-8-6-16(7-9-26)31-20-15(4)19(23-12-24-20)25-17-11-22-18(10-14(17)3)32(5,28)29/h10-13,16H,6-9H2,1-5H3,(H,23,24,25). The molecule has 3 heterocycles. The number of piperidine rings is 1. The number of nitrogens with zero attached hydrogens (tertiary/aromatic N) is 4. The topological polar surface area (TPSA) is 124 Å². The van der Waals surface area contributed by atoms with Gasteiger partial charge in [0.05, 0.1) is 23.6 Å². The average Bonchev–Trinajstić information content (AvgIpc) is 2.71. The summed E-state index contributed by atoms with van der Waals surface area (Å²) >= 11 is 0. The number of hydrogen-bond donors (Lipinski definition) is 1. The van der Waals surface area contributed by atoms with E-state index in [0.717, 1.165) is 17.4 Å². The van der Waals surface area contributed by atoms with Crippen LogP contribution in [0.4, 0.5) is 16.3 Å². The van der Waals surface area contributed by atoms with Gasteiger partial charge in [-0.15, -0.1) is 0 Å². The van der Waals surface area contributed by atoms with Crippen LogP contribution in [0, 0.1) is 13.8 Å². The molecular formula is C21H29N5O5S. The van der Waals surface area contributed by atoms with Crippen molar-refractivity contribution in [1.29, 1.82) is 0 Å². The van der Waals surface area contributed by atoms with Crippen LogP contribution in [0.2, 0.25) is 0 Å². The number of pyridine rings is 1. The highest BCUT2D eigenvalue weighted by Crippen LogP contribution is 2.28. The highest BCUT2D eigenvalue weighted by Gasteiger charge is 2.26. The van der Waals surface area contributed by atoms with Crippen LogP contribution < -0.4 is 10.1 Å². The molecule has 2 aromatic rings. The van der Waals surface area contributed by atoms with Crippen LogP contribution in [0.15, 0.2) is 23.6 Å². The normalized spacial score (nSPS) is 15.0. The fourth-order valence-electron chi connectivity index (χ4n) is 3.26. The van der Waals surface area contributed by atoms with E-state index in [1.54, 1.807) is 11.8 Å². The zero-order valence-electron chi connectivity index (χ0n) is 19.0. The zero-order valence-corrected chi connectivity index (χ0v) is 19.8. The van der Waals surface area contributed by atoms with Gasteiger partial charge in [0, 0.05) is 32.2 Å². The lowest BCUT2D eigenvalue weighted by molar-refractivity contribution is 0.0505. The molecule has 174 valence electrons. The van der Waals surface area contributed by atoms with Gasteiger partial charge in [-0.25, -0.2) is 28.2 Å². The maximum absolute atomic E-state index is 12.0. The first-order valence-electron chi connectivity index (χ1n) is 10.4. The summed E-state index contributed by atoms with van der Waals surface area (Å²) in [6.07, 6.45) is 4.84. The summed E-state index contributed by atoms with van der Waals surface area (Å²) in [7, 11) is -3.38. The first kappa shape index (κ1) is 23.7. The number of carbonyl (C=O) groups is 1. The number of anilines is 2. The molecule has 1 N–H and O–H groups in total. The Kier molecular flexibility index (Phi) is 7.17. The SMILES string of the molecule is Cc1cc(S(C)(=O)=O)ncc1Nc1ncnc(OC2CCN(C(=O)OC(C)C)CC2)c1C. The van der Waals surface area contributed by atoms with Gasteiger partial charge in [0.15, 0.2) is 14.9 Å². The maximum Gasteiger partial charge on any atom is 0.410 e. The van der Waals surface area contributed by atoms with Crippen LogP contribution >= 0.6 is 0 Å². The fraction of sp³-hybridized carbons (Fsp3) is 0.524. The van der Waals surface area contributed by atoms with Crippen molar-refractivity contribution in [1.82, 2.24) is 19.9 Å². The molecule has 32 heavy (non-hydrogen) atoms. The van der Waals surface area contributed by atoms with E-state index in [2.05, 4.69) is 20.3 Å². The molecule has 0 aliphatic carbocycles. The molecule has 10 nitrogen and oxygen atoms in total. The predicted molar refractivity (Wildman–Crippen MR) is 119 cm³/mol. The molecule has 2 aromatic heterocycles. The minimum atomic E-state index is -3.38. The van der Waals surface area contributed by atoms with Gasteiger partial charge in [-0.1, -0.05) is 0 Å². The van der Waals surface area contributed by atoms with Gasteiger partial charge in [0.1, 0.15) is 18.2 Å². The number of sulfone groups is 1. The van der Waals surface area contributed by atoms with E-state index in [9.17, 15) is 13.2 Å². The Morgan fingerprint density at radius 1 is 1.19 bits per heavy atom. The van der Waals surface area contributed by atoms with Crippen molar-refractivity contribution in [2.24, 2.45) is 0 Å². The van der Waals surface area contributed by atoms with Crippen LogP contribution in [-0.2, 0) is 14.6 Å². The molecule has 3 rings (SSSR count). The lowest BCUT2D eigenvalue weighted by Crippen LogP contribution is -2.42. The Bertz CT molecular complexity index is 1080. The van der Waals surface area contributed by atoms with Gasteiger partial charge in [-0.05, 0) is 39.3 Å². The summed E-state index contributed by atoms with van der Waals surface area (Å²) < 4.78 is 34.7. The molecule has 1 amide bonds. The van der Waals surface area contributed by atoms with Crippen molar-refractivity contribution in [3.63, 3.8) is 0 Å². The van der Waals surface area contributed by atoms with Gasteiger partial charge in [-0.3, -0.25) is 0 Å². The van der Waals surface area contributed by atoms with Gasteiger partial charge in [-0.2, -0.15) is 0 Å². The van der Waals surface area contributed by atoms with Crippen LogP contribution in [-0.4, -0.2) is 65.9 Å². The van der Waals surface area contributed by atoms with Crippen LogP contribution in [0.1, 0.15) is 37.8 Å². The third-order valence-corrected chi connectivity index (χ3v) is 6.05. The van der Waals surface area contributed by atoms with Gasteiger partial charge in [0.2, 0.25) is 5.88 Å². The molecule has 1 aliphatic heterocycles. The predicted octanol–water partition coefficient (Wildman–Crippen LogP) is 3.02. The monoisotopic (exact) mass is 463 g/mol. The molecule has 1 fully saturated rings. The van der Waals surface area contributed by atoms with E-state index in [-0.39, 0.29) is 23.3 Å². The zero-order chi connectivity index (χ0) is 23.5. The second-order valence-electron chi connectivity index (χ2n) is 8.12. The number of hydrogen-bond acceptors (Lipinski definition) is 9. The van der Waals surface area contributed by atoms with Crippen molar-refractivity contribution in [3.8, 4) is 5.88 Å². The van der Waals surface area contributed by atoms with Crippen LogP contribution in [0.25, 0.3) is 0 Å². The molecule has 0 radical (unpaired) electrons. The smallest absolute Gasteiger partial charge is 0.410 e. The molecule has 1 aliphatic rings. The molecule has 0 atom stereocenters. The average molecular weight is 464 g/mol. The Labute approximate surface area is 188 Å². The third kappa shape index (κ3) is 5.84. The number of aryl methyl sites for hydroxylation is 1. The van der Waals surface area contributed by atoms with Crippen molar-refractivity contribution >= 4 is 27.4 Å². The fourth-order valence-corrected chi connectivity index (χ4v) is 3.90. The summed E-state index contributed by atoms with van der Waals surface area (Å²) in [5.74, 6) is 1.01. The molecule has 0 saturated carbocycles. The van der Waals surface area contributed by atoms with Crippen molar-refractivity contribution in [2.45, 2.75) is 57.8 Å². The molecule has 0 bridgehead atoms. The van der Waals surface area contributed by atoms with Gasteiger partial charge < -0.3 is 19.7 Å². The summed E-state index contributed by atoms with van der Waals surface area (Å²) in [6.45, 7) is 8.42. The minimum Gasteiger partial charge on any atom is -0.474 e. The molecule has 11 heteroatoms. The highest BCUT2D eigenvalue weighted by atomic mass is 32.2. The van der Waals surface area contributed by atoms with Crippen LogP contribution in [0.3, 0.4) is 0 Å². The quantitative estimate of drug-likeness (QED) is 0.688. The van der Waals surface area contributed by atoms with Crippen LogP contribution in [0.5, 0.6) is 5.88 Å². The number of likely N-dealkylation sites (tertiary alicyclic amines) is 1. The lowest BCUT2D eigenvalue weighted by atomic mass is 10.1. The maximum atomic E-state index is 12.0.